The number of hydrogen-bond donors (Lipinski definition) is 2. The van der Waals surface area contributed by atoms with Crippen molar-refractivity contribution >= 4 is 32.9 Å². The van der Waals surface area contributed by atoms with Crippen LogP contribution in [0.2, 0.25) is 0 Å². The lowest BCUT2D eigenvalue weighted by molar-refractivity contribution is 0.809. The summed E-state index contributed by atoms with van der Waals surface area (Å²) in [6.45, 7) is 0.990. The Kier molecular flexibility index (Phi) is 3.74. The Balaban J connectivity index is 2.22. The van der Waals surface area contributed by atoms with Gasteiger partial charge in [0.2, 0.25) is 0 Å². The first-order chi connectivity index (χ1) is 7.81. The molecule has 0 atom stereocenters. The van der Waals surface area contributed by atoms with Crippen molar-refractivity contribution in [2.45, 2.75) is 6.42 Å². The Morgan fingerprint density at radius 1 is 1.50 bits per heavy atom. The highest BCUT2D eigenvalue weighted by Gasteiger charge is 2.01. The Bertz CT molecular complexity index is 502. The maximum atomic E-state index is 4.28. The molecule has 2 aromatic rings. The lowest BCUT2D eigenvalue weighted by Crippen LogP contribution is -2.05. The number of rotatable bonds is 4. The summed E-state index contributed by atoms with van der Waals surface area (Å²) in [7, 11) is 1.95. The summed E-state index contributed by atoms with van der Waals surface area (Å²) < 4.78 is 1.06. The van der Waals surface area contributed by atoms with Crippen LogP contribution in [0.15, 0.2) is 28.7 Å². The second-order valence-electron chi connectivity index (χ2n) is 3.59. The van der Waals surface area contributed by atoms with Crippen molar-refractivity contribution in [3.05, 3.63) is 34.4 Å². The average molecular weight is 280 g/mol. The highest BCUT2D eigenvalue weighted by atomic mass is 79.9. The first-order valence-corrected chi connectivity index (χ1v) is 6.05. The molecule has 0 saturated heterocycles. The third-order valence-electron chi connectivity index (χ3n) is 2.39. The summed E-state index contributed by atoms with van der Waals surface area (Å²) in [5.41, 5.74) is 2.06. The van der Waals surface area contributed by atoms with Crippen molar-refractivity contribution < 1.29 is 0 Å². The van der Waals surface area contributed by atoms with E-state index in [0.29, 0.717) is 0 Å². The van der Waals surface area contributed by atoms with Crippen LogP contribution in [-0.4, -0.2) is 23.8 Å². The van der Waals surface area contributed by atoms with Crippen molar-refractivity contribution in [2.24, 2.45) is 0 Å². The molecular weight excluding hydrogens is 266 g/mol. The van der Waals surface area contributed by atoms with Gasteiger partial charge in [-0.15, -0.1) is 0 Å². The van der Waals surface area contributed by atoms with Crippen LogP contribution in [0.3, 0.4) is 0 Å². The van der Waals surface area contributed by atoms with Crippen LogP contribution in [-0.2, 0) is 0 Å². The van der Waals surface area contributed by atoms with E-state index in [9.17, 15) is 0 Å². The Morgan fingerprint density at radius 2 is 2.38 bits per heavy atom. The molecule has 4 heteroatoms. The zero-order chi connectivity index (χ0) is 11.4. The molecule has 2 N–H and O–H groups in total. The van der Waals surface area contributed by atoms with Gasteiger partial charge in [-0.2, -0.15) is 5.10 Å². The van der Waals surface area contributed by atoms with Crippen LogP contribution in [0.25, 0.3) is 17.0 Å². The van der Waals surface area contributed by atoms with Crippen LogP contribution in [0, 0.1) is 0 Å². The SMILES string of the molecule is CNCCC=Cc1n[nH]c2cc(Br)ccc12. The number of benzene rings is 1. The molecule has 0 aliphatic carbocycles. The topological polar surface area (TPSA) is 40.7 Å². The molecule has 1 aromatic heterocycles. The van der Waals surface area contributed by atoms with E-state index in [1.807, 2.05) is 19.2 Å². The lowest BCUT2D eigenvalue weighted by Gasteiger charge is -1.92. The van der Waals surface area contributed by atoms with Crippen LogP contribution in [0.1, 0.15) is 12.1 Å². The minimum atomic E-state index is 0.990. The molecule has 0 unspecified atom stereocenters. The van der Waals surface area contributed by atoms with Gasteiger partial charge in [0.1, 0.15) is 0 Å². The van der Waals surface area contributed by atoms with Crippen molar-refractivity contribution in [2.75, 3.05) is 13.6 Å². The van der Waals surface area contributed by atoms with Crippen LogP contribution in [0.5, 0.6) is 0 Å². The van der Waals surface area contributed by atoms with E-state index in [4.69, 9.17) is 0 Å². The molecule has 16 heavy (non-hydrogen) atoms. The summed E-state index contributed by atoms with van der Waals surface area (Å²) in [5, 5.41) is 11.6. The van der Waals surface area contributed by atoms with Crippen LogP contribution < -0.4 is 5.32 Å². The van der Waals surface area contributed by atoms with E-state index in [2.05, 4.69) is 49.7 Å². The highest BCUT2D eigenvalue weighted by Crippen LogP contribution is 2.21. The normalized spacial score (nSPS) is 11.6. The first kappa shape index (κ1) is 11.4. The van der Waals surface area contributed by atoms with Gasteiger partial charge in [-0.05, 0) is 44.3 Å². The molecule has 84 valence electrons. The van der Waals surface area contributed by atoms with Gasteiger partial charge in [-0.25, -0.2) is 0 Å². The average Bonchev–Trinajstić information content (AvgIpc) is 2.67. The van der Waals surface area contributed by atoms with Crippen molar-refractivity contribution in [1.82, 2.24) is 15.5 Å². The Hall–Kier alpha value is -1.13. The van der Waals surface area contributed by atoms with Crippen molar-refractivity contribution in [3.8, 4) is 0 Å². The number of halogens is 1. The number of hydrogen-bond acceptors (Lipinski definition) is 2. The van der Waals surface area contributed by atoms with E-state index in [0.717, 1.165) is 34.0 Å². The summed E-state index contributed by atoms with van der Waals surface area (Å²) in [6.07, 6.45) is 5.21. The molecule has 1 heterocycles. The number of H-pyrrole nitrogens is 1. The molecule has 1 aromatic carbocycles. The summed E-state index contributed by atoms with van der Waals surface area (Å²) in [4.78, 5) is 0. The van der Waals surface area contributed by atoms with Crippen molar-refractivity contribution in [3.63, 3.8) is 0 Å². The predicted octanol–water partition coefficient (Wildman–Crippen LogP) is 2.95. The molecule has 3 nitrogen and oxygen atoms in total. The van der Waals surface area contributed by atoms with E-state index in [-0.39, 0.29) is 0 Å². The number of aromatic nitrogens is 2. The highest BCUT2D eigenvalue weighted by molar-refractivity contribution is 9.10. The fraction of sp³-hybridized carbons (Fsp3) is 0.250. The number of nitrogens with one attached hydrogen (secondary N) is 2. The van der Waals surface area contributed by atoms with E-state index in [1.165, 1.54) is 0 Å². The monoisotopic (exact) mass is 279 g/mol. The molecule has 0 saturated carbocycles. The summed E-state index contributed by atoms with van der Waals surface area (Å²) in [5.74, 6) is 0. The second-order valence-corrected chi connectivity index (χ2v) is 4.51. The summed E-state index contributed by atoms with van der Waals surface area (Å²) in [6, 6.07) is 6.14. The molecule has 0 aliphatic heterocycles. The maximum absolute atomic E-state index is 4.28. The van der Waals surface area contributed by atoms with Crippen LogP contribution >= 0.6 is 15.9 Å². The van der Waals surface area contributed by atoms with Gasteiger partial charge in [-0.1, -0.05) is 22.0 Å². The van der Waals surface area contributed by atoms with E-state index >= 15 is 0 Å². The number of aromatic amines is 1. The fourth-order valence-corrected chi connectivity index (χ4v) is 1.92. The third-order valence-corrected chi connectivity index (χ3v) is 2.88. The van der Waals surface area contributed by atoms with Gasteiger partial charge < -0.3 is 5.32 Å². The quantitative estimate of drug-likeness (QED) is 0.845. The maximum Gasteiger partial charge on any atom is 0.0924 e. The fourth-order valence-electron chi connectivity index (χ4n) is 1.56. The number of nitrogens with zero attached hydrogens (tertiary/aromatic N) is 1. The third kappa shape index (κ3) is 2.51. The Labute approximate surface area is 103 Å². The molecule has 0 bridgehead atoms. The second kappa shape index (κ2) is 5.27. The van der Waals surface area contributed by atoms with Gasteiger partial charge in [0.15, 0.2) is 0 Å². The molecule has 0 aliphatic rings. The van der Waals surface area contributed by atoms with Gasteiger partial charge in [-0.3, -0.25) is 5.10 Å². The molecule has 0 fully saturated rings. The lowest BCUT2D eigenvalue weighted by atomic mass is 10.2. The minimum Gasteiger partial charge on any atom is -0.319 e. The largest absolute Gasteiger partial charge is 0.319 e. The van der Waals surface area contributed by atoms with E-state index < -0.39 is 0 Å². The minimum absolute atomic E-state index is 0.990. The first-order valence-electron chi connectivity index (χ1n) is 5.26. The zero-order valence-corrected chi connectivity index (χ0v) is 10.7. The molecule has 0 radical (unpaired) electrons. The number of fused-ring (bicyclic) bond motifs is 1. The van der Waals surface area contributed by atoms with Gasteiger partial charge in [0.05, 0.1) is 11.2 Å². The van der Waals surface area contributed by atoms with Crippen LogP contribution in [0.4, 0.5) is 0 Å². The molecule has 2 rings (SSSR count). The summed E-state index contributed by atoms with van der Waals surface area (Å²) >= 11 is 3.44. The van der Waals surface area contributed by atoms with Gasteiger partial charge >= 0.3 is 0 Å². The van der Waals surface area contributed by atoms with Gasteiger partial charge in [0.25, 0.3) is 0 Å². The standard InChI is InChI=1S/C12H14BrN3/c1-14-7-3-2-4-11-10-6-5-9(13)8-12(10)16-15-11/h2,4-6,8,14H,3,7H2,1H3,(H,15,16). The van der Waals surface area contributed by atoms with Crippen molar-refractivity contribution in [1.29, 1.82) is 0 Å². The zero-order valence-electron chi connectivity index (χ0n) is 9.13. The van der Waals surface area contributed by atoms with Gasteiger partial charge in [0, 0.05) is 9.86 Å². The predicted molar refractivity (Wildman–Crippen MR) is 71.4 cm³/mol. The molecular formula is C12H14BrN3. The van der Waals surface area contributed by atoms with E-state index in [1.54, 1.807) is 0 Å². The molecule has 0 amide bonds. The molecule has 0 spiro atoms. The smallest absolute Gasteiger partial charge is 0.0924 e. The Morgan fingerprint density at radius 3 is 3.19 bits per heavy atom.